The van der Waals surface area contributed by atoms with E-state index >= 15 is 0 Å². The first-order chi connectivity index (χ1) is 6.92. The van der Waals surface area contributed by atoms with Gasteiger partial charge in [-0.2, -0.15) is 18.7 Å². The fourth-order valence-electron chi connectivity index (χ4n) is 1.44. The van der Waals surface area contributed by atoms with Crippen LogP contribution < -0.4 is 5.48 Å². The zero-order valence-electron chi connectivity index (χ0n) is 7.51. The molecule has 0 bridgehead atoms. The monoisotopic (exact) mass is 222 g/mol. The summed E-state index contributed by atoms with van der Waals surface area (Å²) in [7, 11) is 0. The van der Waals surface area contributed by atoms with Crippen LogP contribution in [0.4, 0.5) is 13.2 Å². The highest BCUT2D eigenvalue weighted by molar-refractivity contribution is 5.11. The molecule has 0 aromatic carbocycles. The number of aromatic nitrogens is 1. The normalized spacial score (nSPS) is 32.1. The van der Waals surface area contributed by atoms with Gasteiger partial charge >= 0.3 is 6.18 Å². The van der Waals surface area contributed by atoms with E-state index in [-0.39, 0.29) is 0 Å². The molecule has 84 valence electrons. The van der Waals surface area contributed by atoms with Gasteiger partial charge in [-0.15, -0.1) is 0 Å². The van der Waals surface area contributed by atoms with Crippen molar-refractivity contribution in [2.24, 2.45) is 0 Å². The Morgan fingerprint density at radius 2 is 2.27 bits per heavy atom. The topological polar surface area (TPSA) is 57.3 Å². The quantitative estimate of drug-likeness (QED) is 0.669. The number of aromatic amines is 1. The zero-order chi connectivity index (χ0) is 11.1. The Morgan fingerprint density at radius 1 is 1.53 bits per heavy atom. The van der Waals surface area contributed by atoms with E-state index in [4.69, 9.17) is 0 Å². The molecule has 2 atom stereocenters. The maximum Gasteiger partial charge on any atom is 0.444 e. The molecular weight excluding hydrogens is 213 g/mol. The molecule has 0 amide bonds. The number of aliphatic hydroxyl groups is 1. The maximum atomic E-state index is 12.3. The smallest absolute Gasteiger partial charge is 0.364 e. The first-order valence-electron chi connectivity index (χ1n) is 4.28. The second-order valence-corrected chi connectivity index (χ2v) is 3.38. The first-order valence-corrected chi connectivity index (χ1v) is 4.28. The van der Waals surface area contributed by atoms with Crippen molar-refractivity contribution in [3.05, 3.63) is 24.0 Å². The van der Waals surface area contributed by atoms with E-state index in [1.165, 1.54) is 0 Å². The van der Waals surface area contributed by atoms with E-state index in [0.29, 0.717) is 5.69 Å². The van der Waals surface area contributed by atoms with Crippen LogP contribution in [-0.4, -0.2) is 22.1 Å². The summed E-state index contributed by atoms with van der Waals surface area (Å²) in [6, 6.07) is 2.58. The van der Waals surface area contributed by atoms with Gasteiger partial charge in [-0.1, -0.05) is 0 Å². The summed E-state index contributed by atoms with van der Waals surface area (Å²) in [6.07, 6.45) is -3.79. The number of H-pyrrole nitrogens is 1. The number of nitrogens with one attached hydrogen (secondary N) is 2. The fraction of sp³-hybridized carbons (Fsp3) is 0.500. The zero-order valence-corrected chi connectivity index (χ0v) is 7.51. The molecular formula is C8H9F3N2O2. The molecule has 3 N–H and O–H groups in total. The number of alkyl halides is 3. The minimum absolute atomic E-state index is 0.537. The second kappa shape index (κ2) is 3.22. The predicted octanol–water partition coefficient (Wildman–Crippen LogP) is 1.23. The second-order valence-electron chi connectivity index (χ2n) is 3.38. The van der Waals surface area contributed by atoms with Crippen LogP contribution in [-0.2, 0) is 4.84 Å². The molecule has 1 aliphatic heterocycles. The Kier molecular flexibility index (Phi) is 2.25. The van der Waals surface area contributed by atoms with Crippen molar-refractivity contribution in [1.29, 1.82) is 0 Å². The SMILES string of the molecule is OC1(C(F)(F)F)CC(c2ccc[nH]2)NO1. The van der Waals surface area contributed by atoms with Gasteiger partial charge < -0.3 is 10.1 Å². The summed E-state index contributed by atoms with van der Waals surface area (Å²) < 4.78 is 37.0. The Balaban J connectivity index is 2.13. The van der Waals surface area contributed by atoms with Gasteiger partial charge in [0.05, 0.1) is 6.04 Å². The average Bonchev–Trinajstić information content (AvgIpc) is 2.70. The highest BCUT2D eigenvalue weighted by Crippen LogP contribution is 2.41. The molecule has 0 radical (unpaired) electrons. The summed E-state index contributed by atoms with van der Waals surface area (Å²) in [5.74, 6) is -3.11. The first kappa shape index (κ1) is 10.5. The lowest BCUT2D eigenvalue weighted by Crippen LogP contribution is -2.45. The molecule has 1 aromatic rings. The van der Waals surface area contributed by atoms with E-state index in [0.717, 1.165) is 0 Å². The van der Waals surface area contributed by atoms with Gasteiger partial charge in [0.1, 0.15) is 0 Å². The minimum atomic E-state index is -4.80. The maximum absolute atomic E-state index is 12.3. The van der Waals surface area contributed by atoms with E-state index in [1.54, 1.807) is 18.3 Å². The summed E-state index contributed by atoms with van der Waals surface area (Å²) >= 11 is 0. The van der Waals surface area contributed by atoms with Crippen molar-refractivity contribution in [3.63, 3.8) is 0 Å². The number of halogens is 3. The Hall–Kier alpha value is -1.05. The Bertz CT molecular complexity index is 338. The van der Waals surface area contributed by atoms with Gasteiger partial charge in [0.2, 0.25) is 0 Å². The molecule has 2 heterocycles. The van der Waals surface area contributed by atoms with Crippen LogP contribution in [0.1, 0.15) is 18.2 Å². The fourth-order valence-corrected chi connectivity index (χ4v) is 1.44. The third kappa shape index (κ3) is 1.73. The van der Waals surface area contributed by atoms with Gasteiger partial charge in [0.25, 0.3) is 5.79 Å². The van der Waals surface area contributed by atoms with Crippen molar-refractivity contribution >= 4 is 0 Å². The molecule has 0 saturated carbocycles. The van der Waals surface area contributed by atoms with Crippen LogP contribution in [0, 0.1) is 0 Å². The predicted molar refractivity (Wildman–Crippen MR) is 43.4 cm³/mol. The molecule has 7 heteroatoms. The largest absolute Gasteiger partial charge is 0.444 e. The standard InChI is InChI=1S/C8H9F3N2O2/c9-8(10,11)7(14)4-6(13-15-7)5-2-1-3-12-5/h1-3,6,12-14H,4H2. The highest BCUT2D eigenvalue weighted by atomic mass is 19.4. The van der Waals surface area contributed by atoms with Crippen LogP contribution in [0.2, 0.25) is 0 Å². The third-order valence-corrected chi connectivity index (χ3v) is 2.29. The molecule has 2 unspecified atom stereocenters. The van der Waals surface area contributed by atoms with Crippen molar-refractivity contribution in [2.75, 3.05) is 0 Å². The van der Waals surface area contributed by atoms with Crippen LogP contribution in [0.3, 0.4) is 0 Å². The molecule has 1 aromatic heterocycles. The molecule has 2 rings (SSSR count). The molecule has 1 saturated heterocycles. The summed E-state index contributed by atoms with van der Waals surface area (Å²) in [4.78, 5) is 6.95. The van der Waals surface area contributed by atoms with Gasteiger partial charge in [0, 0.05) is 18.3 Å². The lowest BCUT2D eigenvalue weighted by Gasteiger charge is -2.22. The average molecular weight is 222 g/mol. The van der Waals surface area contributed by atoms with E-state index in [2.05, 4.69) is 15.3 Å². The van der Waals surface area contributed by atoms with Crippen LogP contribution in [0.15, 0.2) is 18.3 Å². The highest BCUT2D eigenvalue weighted by Gasteiger charge is 2.60. The minimum Gasteiger partial charge on any atom is -0.364 e. The van der Waals surface area contributed by atoms with Gasteiger partial charge in [-0.3, -0.25) is 4.84 Å². The van der Waals surface area contributed by atoms with Gasteiger partial charge in [-0.25, -0.2) is 0 Å². The molecule has 1 aliphatic rings. The Labute approximate surface area is 83.0 Å². The summed E-state index contributed by atoms with van der Waals surface area (Å²) in [5.41, 5.74) is 2.69. The lowest BCUT2D eigenvalue weighted by molar-refractivity contribution is -0.361. The van der Waals surface area contributed by atoms with Crippen molar-refractivity contribution in [2.45, 2.75) is 24.4 Å². The van der Waals surface area contributed by atoms with Gasteiger partial charge in [0.15, 0.2) is 0 Å². The number of hydrogen-bond donors (Lipinski definition) is 3. The molecule has 4 nitrogen and oxygen atoms in total. The van der Waals surface area contributed by atoms with E-state index < -0.39 is 24.4 Å². The lowest BCUT2D eigenvalue weighted by atomic mass is 10.1. The Morgan fingerprint density at radius 3 is 2.73 bits per heavy atom. The van der Waals surface area contributed by atoms with Gasteiger partial charge in [-0.05, 0) is 12.1 Å². The van der Waals surface area contributed by atoms with E-state index in [1.807, 2.05) is 0 Å². The van der Waals surface area contributed by atoms with Crippen LogP contribution in [0.5, 0.6) is 0 Å². The number of hydroxylamine groups is 1. The molecule has 1 fully saturated rings. The number of hydrogen-bond acceptors (Lipinski definition) is 3. The summed E-state index contributed by atoms with van der Waals surface area (Å²) in [5, 5.41) is 9.17. The van der Waals surface area contributed by atoms with Crippen LogP contribution >= 0.6 is 0 Å². The van der Waals surface area contributed by atoms with Crippen molar-refractivity contribution in [3.8, 4) is 0 Å². The van der Waals surface area contributed by atoms with Crippen molar-refractivity contribution < 1.29 is 23.1 Å². The molecule has 15 heavy (non-hydrogen) atoms. The summed E-state index contributed by atoms with van der Waals surface area (Å²) in [6.45, 7) is 0. The molecule has 0 aliphatic carbocycles. The number of rotatable bonds is 1. The molecule has 0 spiro atoms. The third-order valence-electron chi connectivity index (χ3n) is 2.29. The van der Waals surface area contributed by atoms with Crippen LogP contribution in [0.25, 0.3) is 0 Å². The van der Waals surface area contributed by atoms with Crippen molar-refractivity contribution in [1.82, 2.24) is 10.5 Å². The van der Waals surface area contributed by atoms with E-state index in [9.17, 15) is 18.3 Å².